The first-order valence-electron chi connectivity index (χ1n) is 3.60. The zero-order chi connectivity index (χ0) is 11.8. The van der Waals surface area contributed by atoms with Crippen molar-refractivity contribution in [2.24, 2.45) is 5.73 Å². The van der Waals surface area contributed by atoms with Crippen LogP contribution in [0.5, 0.6) is 0 Å². The molecule has 0 aliphatic heterocycles. The van der Waals surface area contributed by atoms with Gasteiger partial charge in [0.25, 0.3) is 0 Å². The molecule has 0 saturated heterocycles. The average molecular weight is 286 g/mol. The topological polar surface area (TPSA) is 43.1 Å². The van der Waals surface area contributed by atoms with Crippen LogP contribution in [0.25, 0.3) is 0 Å². The predicted octanol–water partition coefficient (Wildman–Crippen LogP) is 2.71. The molecule has 1 aromatic rings. The highest BCUT2D eigenvalue weighted by molar-refractivity contribution is 9.10. The fourth-order valence-corrected chi connectivity index (χ4v) is 1.50. The summed E-state index contributed by atoms with van der Waals surface area (Å²) in [5.41, 5.74) is 3.05. The normalized spacial score (nSPS) is 11.5. The molecule has 0 unspecified atom stereocenters. The van der Waals surface area contributed by atoms with E-state index in [1.54, 1.807) is 0 Å². The summed E-state index contributed by atoms with van der Waals surface area (Å²) in [5.74, 6) is -2.55. The van der Waals surface area contributed by atoms with Crippen molar-refractivity contribution in [2.45, 2.75) is 6.18 Å². The smallest absolute Gasteiger partial charge is 0.366 e. The van der Waals surface area contributed by atoms with Crippen molar-refractivity contribution < 1.29 is 22.4 Å². The number of carbonyl (C=O) groups is 1. The first kappa shape index (κ1) is 12.0. The molecule has 0 spiro atoms. The summed E-state index contributed by atoms with van der Waals surface area (Å²) in [6.45, 7) is 0. The van der Waals surface area contributed by atoms with Gasteiger partial charge in [0.2, 0.25) is 5.91 Å². The molecular formula is C8H4BrF4NO. The highest BCUT2D eigenvalue weighted by Crippen LogP contribution is 2.35. The quantitative estimate of drug-likeness (QED) is 0.792. The number of benzene rings is 1. The van der Waals surface area contributed by atoms with Crippen LogP contribution in [0.1, 0.15) is 15.9 Å². The lowest BCUT2D eigenvalue weighted by molar-refractivity contribution is -0.140. The number of nitrogens with two attached hydrogens (primary N) is 1. The minimum absolute atomic E-state index is 0.333. The fourth-order valence-electron chi connectivity index (χ4n) is 0.959. The molecule has 1 rings (SSSR count). The predicted molar refractivity (Wildman–Crippen MR) is 47.6 cm³/mol. The average Bonchev–Trinajstić information content (AvgIpc) is 2.06. The van der Waals surface area contributed by atoms with Crippen molar-refractivity contribution in [3.8, 4) is 0 Å². The molecule has 0 saturated carbocycles. The first-order valence-corrected chi connectivity index (χ1v) is 4.39. The fraction of sp³-hybridized carbons (Fsp3) is 0.125. The Morgan fingerprint density at radius 1 is 1.33 bits per heavy atom. The highest BCUT2D eigenvalue weighted by atomic mass is 79.9. The molecule has 0 aliphatic carbocycles. The standard InChI is InChI=1S/C8H4BrF4NO/c9-5-3(7(14)15)1-2-4(6(5)10)8(11,12)13/h1-2H,(H2,14,15). The minimum atomic E-state index is -4.80. The van der Waals surface area contributed by atoms with Crippen LogP contribution in [0.15, 0.2) is 16.6 Å². The summed E-state index contributed by atoms with van der Waals surface area (Å²) in [7, 11) is 0. The zero-order valence-electron chi connectivity index (χ0n) is 7.03. The first-order chi connectivity index (χ1) is 6.75. The largest absolute Gasteiger partial charge is 0.419 e. The van der Waals surface area contributed by atoms with Gasteiger partial charge in [-0.05, 0) is 28.1 Å². The third-order valence-electron chi connectivity index (χ3n) is 1.65. The van der Waals surface area contributed by atoms with Gasteiger partial charge in [-0.25, -0.2) is 4.39 Å². The second-order valence-electron chi connectivity index (χ2n) is 2.65. The van der Waals surface area contributed by atoms with Gasteiger partial charge < -0.3 is 5.73 Å². The van der Waals surface area contributed by atoms with E-state index in [2.05, 4.69) is 15.9 Å². The third-order valence-corrected chi connectivity index (χ3v) is 2.43. The Hall–Kier alpha value is -1.11. The second-order valence-corrected chi connectivity index (χ2v) is 3.44. The number of hydrogen-bond acceptors (Lipinski definition) is 1. The van der Waals surface area contributed by atoms with Crippen LogP contribution in [0.4, 0.5) is 17.6 Å². The lowest BCUT2D eigenvalue weighted by Gasteiger charge is -2.10. The van der Waals surface area contributed by atoms with Crippen LogP contribution in [0, 0.1) is 5.82 Å². The monoisotopic (exact) mass is 285 g/mol. The summed E-state index contributed by atoms with van der Waals surface area (Å²) >= 11 is 2.55. The molecule has 82 valence electrons. The lowest BCUT2D eigenvalue weighted by Crippen LogP contribution is -2.15. The number of rotatable bonds is 1. The Morgan fingerprint density at radius 2 is 1.87 bits per heavy atom. The van der Waals surface area contributed by atoms with Gasteiger partial charge in [0.1, 0.15) is 5.82 Å². The van der Waals surface area contributed by atoms with Gasteiger partial charge in [-0.15, -0.1) is 0 Å². The number of amides is 1. The molecule has 7 heteroatoms. The van der Waals surface area contributed by atoms with Crippen molar-refractivity contribution in [3.63, 3.8) is 0 Å². The Morgan fingerprint density at radius 3 is 2.27 bits per heavy atom. The van der Waals surface area contributed by atoms with Crippen molar-refractivity contribution in [3.05, 3.63) is 33.5 Å². The summed E-state index contributed by atoms with van der Waals surface area (Å²) in [5, 5.41) is 0. The van der Waals surface area contributed by atoms with Gasteiger partial charge in [0.05, 0.1) is 15.6 Å². The van der Waals surface area contributed by atoms with E-state index < -0.39 is 27.9 Å². The number of primary amides is 1. The molecule has 0 fully saturated rings. The molecule has 0 bridgehead atoms. The summed E-state index contributed by atoms with van der Waals surface area (Å²) in [6, 6.07) is 1.29. The van der Waals surface area contributed by atoms with E-state index in [4.69, 9.17) is 5.73 Å². The van der Waals surface area contributed by atoms with Crippen LogP contribution < -0.4 is 5.73 Å². The van der Waals surface area contributed by atoms with Crippen LogP contribution >= 0.6 is 15.9 Å². The van der Waals surface area contributed by atoms with Gasteiger partial charge in [-0.1, -0.05) is 0 Å². The van der Waals surface area contributed by atoms with Gasteiger partial charge in [0, 0.05) is 0 Å². The molecule has 0 aliphatic rings. The van der Waals surface area contributed by atoms with E-state index in [0.29, 0.717) is 6.07 Å². The SMILES string of the molecule is NC(=O)c1ccc(C(F)(F)F)c(F)c1Br. The summed E-state index contributed by atoms with van der Waals surface area (Å²) in [4.78, 5) is 10.7. The third kappa shape index (κ3) is 2.28. The van der Waals surface area contributed by atoms with Gasteiger partial charge in [-0.3, -0.25) is 4.79 Å². The Labute approximate surface area is 90.2 Å². The molecule has 0 heterocycles. The molecule has 0 atom stereocenters. The molecular weight excluding hydrogens is 282 g/mol. The Kier molecular flexibility index (Phi) is 3.03. The number of carbonyl (C=O) groups excluding carboxylic acids is 1. The van der Waals surface area contributed by atoms with Crippen LogP contribution in [0.3, 0.4) is 0 Å². The van der Waals surface area contributed by atoms with E-state index in [0.717, 1.165) is 6.07 Å². The minimum Gasteiger partial charge on any atom is -0.366 e. The lowest BCUT2D eigenvalue weighted by atomic mass is 10.1. The number of halogens is 5. The van der Waals surface area contributed by atoms with Gasteiger partial charge in [0.15, 0.2) is 0 Å². The molecule has 1 amide bonds. The van der Waals surface area contributed by atoms with Crippen LogP contribution in [-0.4, -0.2) is 5.91 Å². The van der Waals surface area contributed by atoms with E-state index in [9.17, 15) is 22.4 Å². The van der Waals surface area contributed by atoms with Crippen molar-refractivity contribution in [2.75, 3.05) is 0 Å². The summed E-state index contributed by atoms with van der Waals surface area (Å²) in [6.07, 6.45) is -4.80. The van der Waals surface area contributed by atoms with Crippen molar-refractivity contribution in [1.82, 2.24) is 0 Å². The second kappa shape index (κ2) is 3.80. The molecule has 15 heavy (non-hydrogen) atoms. The molecule has 1 aromatic carbocycles. The van der Waals surface area contributed by atoms with E-state index >= 15 is 0 Å². The van der Waals surface area contributed by atoms with E-state index in [1.807, 2.05) is 0 Å². The maximum absolute atomic E-state index is 13.1. The summed E-state index contributed by atoms with van der Waals surface area (Å²) < 4.78 is 49.1. The number of hydrogen-bond donors (Lipinski definition) is 1. The maximum Gasteiger partial charge on any atom is 0.419 e. The molecule has 0 aromatic heterocycles. The van der Waals surface area contributed by atoms with Crippen molar-refractivity contribution in [1.29, 1.82) is 0 Å². The van der Waals surface area contributed by atoms with Gasteiger partial charge >= 0.3 is 6.18 Å². The molecule has 2 N–H and O–H groups in total. The molecule has 2 nitrogen and oxygen atoms in total. The van der Waals surface area contributed by atoms with E-state index in [-0.39, 0.29) is 5.56 Å². The molecule has 0 radical (unpaired) electrons. The zero-order valence-corrected chi connectivity index (χ0v) is 8.62. The van der Waals surface area contributed by atoms with Crippen LogP contribution in [0.2, 0.25) is 0 Å². The number of alkyl halides is 3. The highest BCUT2D eigenvalue weighted by Gasteiger charge is 2.35. The maximum atomic E-state index is 13.1. The van der Waals surface area contributed by atoms with Crippen LogP contribution in [-0.2, 0) is 6.18 Å². The van der Waals surface area contributed by atoms with Crippen molar-refractivity contribution >= 4 is 21.8 Å². The van der Waals surface area contributed by atoms with E-state index in [1.165, 1.54) is 0 Å². The Balaban J connectivity index is 3.41. The van der Waals surface area contributed by atoms with Gasteiger partial charge in [-0.2, -0.15) is 13.2 Å². The Bertz CT molecular complexity index is 416.